The molecule has 0 heterocycles. The molecule has 0 saturated carbocycles. The standard InChI is InChI=1S/C9H10O3/c1-6(9(11)12-2)7-3-4-8(10)5-7/h3-4H,5H2,1-2H3/b7-6+. The van der Waals surface area contributed by atoms with Gasteiger partial charge in [0.05, 0.1) is 7.11 Å². The summed E-state index contributed by atoms with van der Waals surface area (Å²) in [5.41, 5.74) is 1.27. The van der Waals surface area contributed by atoms with Crippen molar-refractivity contribution in [2.45, 2.75) is 13.3 Å². The van der Waals surface area contributed by atoms with Crippen molar-refractivity contribution in [3.63, 3.8) is 0 Å². The zero-order valence-electron chi connectivity index (χ0n) is 7.09. The fraction of sp³-hybridized carbons (Fsp3) is 0.333. The van der Waals surface area contributed by atoms with Crippen LogP contribution in [0.2, 0.25) is 0 Å². The highest BCUT2D eigenvalue weighted by molar-refractivity contribution is 5.99. The lowest BCUT2D eigenvalue weighted by atomic mass is 10.1. The van der Waals surface area contributed by atoms with Crippen LogP contribution >= 0.6 is 0 Å². The Balaban J connectivity index is 2.86. The molecule has 0 radical (unpaired) electrons. The quantitative estimate of drug-likeness (QED) is 0.431. The summed E-state index contributed by atoms with van der Waals surface area (Å²) < 4.78 is 4.52. The number of methoxy groups -OCH3 is 1. The third-order valence-corrected chi connectivity index (χ3v) is 1.81. The minimum Gasteiger partial charge on any atom is -0.466 e. The number of hydrogen-bond donors (Lipinski definition) is 0. The third-order valence-electron chi connectivity index (χ3n) is 1.81. The zero-order chi connectivity index (χ0) is 9.14. The molecule has 0 aromatic rings. The van der Waals surface area contributed by atoms with Gasteiger partial charge >= 0.3 is 5.97 Å². The number of esters is 1. The molecule has 3 nitrogen and oxygen atoms in total. The monoisotopic (exact) mass is 166 g/mol. The smallest absolute Gasteiger partial charge is 0.333 e. The van der Waals surface area contributed by atoms with Gasteiger partial charge in [-0.3, -0.25) is 4.79 Å². The van der Waals surface area contributed by atoms with Crippen molar-refractivity contribution in [1.82, 2.24) is 0 Å². The maximum Gasteiger partial charge on any atom is 0.333 e. The van der Waals surface area contributed by atoms with Crippen molar-refractivity contribution in [2.75, 3.05) is 7.11 Å². The summed E-state index contributed by atoms with van der Waals surface area (Å²) >= 11 is 0. The summed E-state index contributed by atoms with van der Waals surface area (Å²) in [6.45, 7) is 1.66. The summed E-state index contributed by atoms with van der Waals surface area (Å²) in [6, 6.07) is 0. The van der Waals surface area contributed by atoms with Crippen LogP contribution in [-0.2, 0) is 14.3 Å². The van der Waals surface area contributed by atoms with E-state index in [1.807, 2.05) is 0 Å². The second-order valence-corrected chi connectivity index (χ2v) is 2.62. The molecule has 0 fully saturated rings. The van der Waals surface area contributed by atoms with E-state index in [-0.39, 0.29) is 11.8 Å². The van der Waals surface area contributed by atoms with Crippen molar-refractivity contribution < 1.29 is 14.3 Å². The fourth-order valence-corrected chi connectivity index (χ4v) is 1.04. The molecule has 0 unspecified atom stereocenters. The summed E-state index contributed by atoms with van der Waals surface area (Å²) in [4.78, 5) is 21.8. The van der Waals surface area contributed by atoms with Crippen LogP contribution in [0, 0.1) is 0 Å². The molecular weight excluding hydrogens is 156 g/mol. The Morgan fingerprint density at radius 1 is 1.50 bits per heavy atom. The molecule has 3 heteroatoms. The van der Waals surface area contributed by atoms with Crippen LogP contribution < -0.4 is 0 Å². The van der Waals surface area contributed by atoms with Gasteiger partial charge in [-0.15, -0.1) is 0 Å². The highest BCUT2D eigenvalue weighted by Gasteiger charge is 2.15. The minimum absolute atomic E-state index is 0.0354. The molecule has 0 aromatic heterocycles. The van der Waals surface area contributed by atoms with Crippen molar-refractivity contribution in [2.24, 2.45) is 0 Å². The van der Waals surface area contributed by atoms with Crippen LogP contribution in [-0.4, -0.2) is 18.9 Å². The van der Waals surface area contributed by atoms with Crippen LogP contribution in [0.15, 0.2) is 23.3 Å². The van der Waals surface area contributed by atoms with Gasteiger partial charge in [0.1, 0.15) is 0 Å². The second-order valence-electron chi connectivity index (χ2n) is 2.62. The maximum absolute atomic E-state index is 11.0. The first-order valence-electron chi connectivity index (χ1n) is 3.64. The van der Waals surface area contributed by atoms with E-state index in [9.17, 15) is 9.59 Å². The molecule has 0 aliphatic heterocycles. The van der Waals surface area contributed by atoms with E-state index >= 15 is 0 Å². The first-order chi connectivity index (χ1) is 5.65. The molecule has 0 atom stereocenters. The number of ketones is 1. The number of ether oxygens (including phenoxy) is 1. The first kappa shape index (κ1) is 8.71. The lowest BCUT2D eigenvalue weighted by molar-refractivity contribution is -0.136. The molecule has 0 N–H and O–H groups in total. The van der Waals surface area contributed by atoms with Crippen LogP contribution in [0.5, 0.6) is 0 Å². The number of carbonyl (C=O) groups is 2. The Bertz CT molecular complexity index is 284. The van der Waals surface area contributed by atoms with Gasteiger partial charge in [-0.05, 0) is 18.6 Å². The van der Waals surface area contributed by atoms with Gasteiger partial charge in [-0.1, -0.05) is 6.08 Å². The van der Waals surface area contributed by atoms with Gasteiger partial charge in [0.2, 0.25) is 0 Å². The summed E-state index contributed by atoms with van der Waals surface area (Å²) in [6.07, 6.45) is 3.46. The molecule has 0 saturated heterocycles. The van der Waals surface area contributed by atoms with Gasteiger partial charge < -0.3 is 4.74 Å². The van der Waals surface area contributed by atoms with Crippen molar-refractivity contribution >= 4 is 11.8 Å². The summed E-state index contributed by atoms with van der Waals surface area (Å²) in [7, 11) is 1.33. The molecule has 64 valence electrons. The van der Waals surface area contributed by atoms with Crippen LogP contribution in [0.3, 0.4) is 0 Å². The average Bonchev–Trinajstić information content (AvgIpc) is 2.49. The molecule has 1 aliphatic rings. The zero-order valence-corrected chi connectivity index (χ0v) is 7.09. The van der Waals surface area contributed by atoms with Gasteiger partial charge in [-0.25, -0.2) is 4.79 Å². The highest BCUT2D eigenvalue weighted by atomic mass is 16.5. The van der Waals surface area contributed by atoms with E-state index in [2.05, 4.69) is 4.74 Å². The van der Waals surface area contributed by atoms with Gasteiger partial charge in [0.15, 0.2) is 5.78 Å². The highest BCUT2D eigenvalue weighted by Crippen LogP contribution is 2.17. The predicted molar refractivity (Wildman–Crippen MR) is 43.5 cm³/mol. The summed E-state index contributed by atoms with van der Waals surface area (Å²) in [5, 5.41) is 0. The number of hydrogen-bond acceptors (Lipinski definition) is 3. The Hall–Kier alpha value is -1.38. The topological polar surface area (TPSA) is 43.4 Å². The summed E-state index contributed by atoms with van der Waals surface area (Å²) in [5.74, 6) is -0.336. The van der Waals surface area contributed by atoms with E-state index in [4.69, 9.17) is 0 Å². The molecule has 1 rings (SSSR count). The van der Waals surface area contributed by atoms with Crippen molar-refractivity contribution in [3.8, 4) is 0 Å². The van der Waals surface area contributed by atoms with E-state index < -0.39 is 0 Å². The Morgan fingerprint density at radius 3 is 2.58 bits per heavy atom. The average molecular weight is 166 g/mol. The lowest BCUT2D eigenvalue weighted by Crippen LogP contribution is -2.04. The van der Waals surface area contributed by atoms with E-state index in [1.54, 1.807) is 13.0 Å². The Morgan fingerprint density at radius 2 is 2.17 bits per heavy atom. The minimum atomic E-state index is -0.371. The first-order valence-corrected chi connectivity index (χ1v) is 3.64. The third kappa shape index (κ3) is 1.61. The second kappa shape index (κ2) is 3.34. The van der Waals surface area contributed by atoms with E-state index in [0.717, 1.165) is 5.57 Å². The van der Waals surface area contributed by atoms with Gasteiger partial charge in [0, 0.05) is 12.0 Å². The number of allylic oxidation sites excluding steroid dienone is 3. The molecule has 0 spiro atoms. The Labute approximate surface area is 70.7 Å². The largest absolute Gasteiger partial charge is 0.466 e. The number of carbonyl (C=O) groups excluding carboxylic acids is 2. The van der Waals surface area contributed by atoms with Crippen LogP contribution in [0.4, 0.5) is 0 Å². The molecule has 12 heavy (non-hydrogen) atoms. The van der Waals surface area contributed by atoms with E-state index in [0.29, 0.717) is 12.0 Å². The van der Waals surface area contributed by atoms with Crippen molar-refractivity contribution in [1.29, 1.82) is 0 Å². The molecule has 0 aromatic carbocycles. The Kier molecular flexibility index (Phi) is 2.43. The molecule has 1 aliphatic carbocycles. The van der Waals surface area contributed by atoms with E-state index in [1.165, 1.54) is 13.2 Å². The predicted octanol–water partition coefficient (Wildman–Crippen LogP) is 1.00. The van der Waals surface area contributed by atoms with Gasteiger partial charge in [-0.2, -0.15) is 0 Å². The number of rotatable bonds is 1. The van der Waals surface area contributed by atoms with Crippen molar-refractivity contribution in [3.05, 3.63) is 23.3 Å². The normalized spacial score (nSPS) is 19.7. The van der Waals surface area contributed by atoms with Gasteiger partial charge in [0.25, 0.3) is 0 Å². The molecule has 0 bridgehead atoms. The van der Waals surface area contributed by atoms with Crippen LogP contribution in [0.1, 0.15) is 13.3 Å². The molecule has 0 amide bonds. The SMILES string of the molecule is COC(=O)/C(C)=C1\C=CC(=O)C1. The van der Waals surface area contributed by atoms with Crippen LogP contribution in [0.25, 0.3) is 0 Å². The maximum atomic E-state index is 11.0. The fourth-order valence-electron chi connectivity index (χ4n) is 1.04. The lowest BCUT2D eigenvalue weighted by Gasteiger charge is -2.00. The molecular formula is C9H10O3.